The maximum absolute atomic E-state index is 5.45. The van der Waals surface area contributed by atoms with E-state index in [2.05, 4.69) is 45.5 Å². The van der Waals surface area contributed by atoms with Crippen LogP contribution in [0.1, 0.15) is 37.2 Å². The fourth-order valence-corrected chi connectivity index (χ4v) is 3.11. The van der Waals surface area contributed by atoms with E-state index < -0.39 is 0 Å². The van der Waals surface area contributed by atoms with Crippen LogP contribution in [0.3, 0.4) is 0 Å². The van der Waals surface area contributed by atoms with Crippen molar-refractivity contribution >= 4 is 15.9 Å². The van der Waals surface area contributed by atoms with E-state index in [1.165, 1.54) is 29.3 Å². The van der Waals surface area contributed by atoms with Crippen LogP contribution in [0.25, 0.3) is 0 Å². The molecule has 0 atom stereocenters. The molecule has 1 N–H and O–H groups in total. The summed E-state index contributed by atoms with van der Waals surface area (Å²) in [5.74, 6) is 0.734. The first kappa shape index (κ1) is 16.9. The molecule has 0 unspecified atom stereocenters. The zero-order chi connectivity index (χ0) is 14.9. The monoisotopic (exact) mass is 355 g/mol. The third kappa shape index (κ3) is 6.07. The molecule has 1 aliphatic rings. The molecule has 0 spiro atoms. The standard InChI is InChI=1S/C17H26BrNO2/c1-20-9-10-21-8-3-2-7-19-17-12-15(13-17)14-5-4-6-16(18)11-14/h4-6,11,15,17,19H,2-3,7-10,12-13H2,1H3. The Morgan fingerprint density at radius 3 is 2.81 bits per heavy atom. The zero-order valence-electron chi connectivity index (χ0n) is 12.8. The topological polar surface area (TPSA) is 30.5 Å². The number of halogens is 1. The van der Waals surface area contributed by atoms with Crippen LogP contribution in [0.5, 0.6) is 0 Å². The highest BCUT2D eigenvalue weighted by atomic mass is 79.9. The second-order valence-electron chi connectivity index (χ2n) is 5.69. The van der Waals surface area contributed by atoms with Gasteiger partial charge in [0.05, 0.1) is 13.2 Å². The van der Waals surface area contributed by atoms with Crippen LogP contribution < -0.4 is 5.32 Å². The summed E-state index contributed by atoms with van der Waals surface area (Å²) in [5.41, 5.74) is 1.47. The highest BCUT2D eigenvalue weighted by Gasteiger charge is 2.29. The molecule has 1 saturated carbocycles. The molecule has 0 bridgehead atoms. The normalized spacial score (nSPS) is 21.2. The van der Waals surface area contributed by atoms with E-state index in [1.807, 2.05) is 0 Å². The summed E-state index contributed by atoms with van der Waals surface area (Å²) in [5, 5.41) is 3.64. The summed E-state index contributed by atoms with van der Waals surface area (Å²) in [4.78, 5) is 0. The highest BCUT2D eigenvalue weighted by molar-refractivity contribution is 9.10. The Labute approximate surface area is 136 Å². The maximum atomic E-state index is 5.45. The fourth-order valence-electron chi connectivity index (χ4n) is 2.70. The molecule has 0 saturated heterocycles. The van der Waals surface area contributed by atoms with Crippen molar-refractivity contribution < 1.29 is 9.47 Å². The van der Waals surface area contributed by atoms with Gasteiger partial charge in [0.2, 0.25) is 0 Å². The quantitative estimate of drug-likeness (QED) is 0.648. The number of rotatable bonds is 10. The molecule has 2 rings (SSSR count). The lowest BCUT2D eigenvalue weighted by Gasteiger charge is -2.36. The summed E-state index contributed by atoms with van der Waals surface area (Å²) in [6.45, 7) is 3.35. The van der Waals surface area contributed by atoms with Gasteiger partial charge in [-0.15, -0.1) is 0 Å². The molecule has 1 aromatic carbocycles. The van der Waals surface area contributed by atoms with Crippen molar-refractivity contribution in [3.05, 3.63) is 34.3 Å². The Balaban J connectivity index is 1.47. The van der Waals surface area contributed by atoms with E-state index in [0.717, 1.165) is 25.5 Å². The molecular weight excluding hydrogens is 330 g/mol. The van der Waals surface area contributed by atoms with Gasteiger partial charge in [0, 0.05) is 24.2 Å². The minimum Gasteiger partial charge on any atom is -0.382 e. The average Bonchev–Trinajstić information content (AvgIpc) is 2.43. The Morgan fingerprint density at radius 2 is 2.05 bits per heavy atom. The maximum Gasteiger partial charge on any atom is 0.0700 e. The first-order valence-corrected chi connectivity index (χ1v) is 8.64. The van der Waals surface area contributed by atoms with Gasteiger partial charge in [-0.2, -0.15) is 0 Å². The Bertz CT molecular complexity index is 408. The Hall–Kier alpha value is -0.420. The molecule has 21 heavy (non-hydrogen) atoms. The lowest BCUT2D eigenvalue weighted by atomic mass is 9.76. The van der Waals surface area contributed by atoms with E-state index in [9.17, 15) is 0 Å². The second-order valence-corrected chi connectivity index (χ2v) is 6.60. The molecule has 0 radical (unpaired) electrons. The molecule has 1 fully saturated rings. The van der Waals surface area contributed by atoms with Gasteiger partial charge in [0.1, 0.15) is 0 Å². The zero-order valence-corrected chi connectivity index (χ0v) is 14.4. The van der Waals surface area contributed by atoms with Crippen molar-refractivity contribution in [2.24, 2.45) is 0 Å². The van der Waals surface area contributed by atoms with Crippen molar-refractivity contribution in [2.45, 2.75) is 37.6 Å². The van der Waals surface area contributed by atoms with Crippen molar-refractivity contribution in [1.82, 2.24) is 5.32 Å². The molecule has 4 heteroatoms. The predicted octanol–water partition coefficient (Wildman–Crippen LogP) is 3.73. The molecule has 0 aromatic heterocycles. The van der Waals surface area contributed by atoms with Gasteiger partial charge in [0.25, 0.3) is 0 Å². The summed E-state index contributed by atoms with van der Waals surface area (Å²) in [6.07, 6.45) is 4.84. The molecular formula is C17H26BrNO2. The number of nitrogens with one attached hydrogen (secondary N) is 1. The van der Waals surface area contributed by atoms with Crippen molar-refractivity contribution in [3.8, 4) is 0 Å². The molecule has 3 nitrogen and oxygen atoms in total. The largest absolute Gasteiger partial charge is 0.382 e. The summed E-state index contributed by atoms with van der Waals surface area (Å²) in [7, 11) is 1.70. The van der Waals surface area contributed by atoms with Crippen LogP contribution >= 0.6 is 15.9 Å². The average molecular weight is 356 g/mol. The molecule has 0 heterocycles. The van der Waals surface area contributed by atoms with Gasteiger partial charge in [-0.05, 0) is 55.8 Å². The molecule has 0 amide bonds. The third-order valence-electron chi connectivity index (χ3n) is 4.04. The van der Waals surface area contributed by atoms with E-state index in [-0.39, 0.29) is 0 Å². The van der Waals surface area contributed by atoms with E-state index in [0.29, 0.717) is 19.3 Å². The Morgan fingerprint density at radius 1 is 1.19 bits per heavy atom. The summed E-state index contributed by atoms with van der Waals surface area (Å²) in [6, 6.07) is 9.40. The van der Waals surface area contributed by atoms with Crippen LogP contribution in [0, 0.1) is 0 Å². The number of benzene rings is 1. The number of hydrogen-bond donors (Lipinski definition) is 1. The highest BCUT2D eigenvalue weighted by Crippen LogP contribution is 2.37. The first-order valence-electron chi connectivity index (χ1n) is 7.85. The lowest BCUT2D eigenvalue weighted by molar-refractivity contribution is 0.0686. The van der Waals surface area contributed by atoms with Crippen LogP contribution in [0.15, 0.2) is 28.7 Å². The van der Waals surface area contributed by atoms with Gasteiger partial charge >= 0.3 is 0 Å². The summed E-state index contributed by atoms with van der Waals surface area (Å²) >= 11 is 3.55. The van der Waals surface area contributed by atoms with Crippen molar-refractivity contribution in [3.63, 3.8) is 0 Å². The SMILES string of the molecule is COCCOCCCCNC1CC(c2cccc(Br)c2)C1. The smallest absolute Gasteiger partial charge is 0.0700 e. The number of hydrogen-bond acceptors (Lipinski definition) is 3. The van der Waals surface area contributed by atoms with E-state index in [1.54, 1.807) is 7.11 Å². The second kappa shape index (κ2) is 9.57. The molecule has 118 valence electrons. The van der Waals surface area contributed by atoms with Gasteiger partial charge in [-0.25, -0.2) is 0 Å². The van der Waals surface area contributed by atoms with Crippen LogP contribution in [0.2, 0.25) is 0 Å². The fraction of sp³-hybridized carbons (Fsp3) is 0.647. The van der Waals surface area contributed by atoms with Crippen LogP contribution in [-0.2, 0) is 9.47 Å². The minimum absolute atomic E-state index is 0.692. The van der Waals surface area contributed by atoms with Crippen molar-refractivity contribution in [1.29, 1.82) is 0 Å². The van der Waals surface area contributed by atoms with Crippen molar-refractivity contribution in [2.75, 3.05) is 33.5 Å². The van der Waals surface area contributed by atoms with Gasteiger partial charge in [0.15, 0.2) is 0 Å². The van der Waals surface area contributed by atoms with Crippen LogP contribution in [-0.4, -0.2) is 39.5 Å². The number of unbranched alkanes of at least 4 members (excludes halogenated alkanes) is 1. The van der Waals surface area contributed by atoms with Gasteiger partial charge in [-0.3, -0.25) is 0 Å². The van der Waals surface area contributed by atoms with Gasteiger partial charge in [-0.1, -0.05) is 28.1 Å². The lowest BCUT2D eigenvalue weighted by Crippen LogP contribution is -2.40. The van der Waals surface area contributed by atoms with E-state index >= 15 is 0 Å². The van der Waals surface area contributed by atoms with E-state index in [4.69, 9.17) is 9.47 Å². The third-order valence-corrected chi connectivity index (χ3v) is 4.53. The molecule has 1 aliphatic carbocycles. The molecule has 0 aliphatic heterocycles. The predicted molar refractivity (Wildman–Crippen MR) is 89.8 cm³/mol. The van der Waals surface area contributed by atoms with Gasteiger partial charge < -0.3 is 14.8 Å². The summed E-state index contributed by atoms with van der Waals surface area (Å²) < 4.78 is 11.6. The number of ether oxygens (including phenoxy) is 2. The first-order chi connectivity index (χ1) is 10.3. The minimum atomic E-state index is 0.692. The Kier molecular flexibility index (Phi) is 7.72. The molecule has 1 aromatic rings. The van der Waals surface area contributed by atoms with Crippen LogP contribution in [0.4, 0.5) is 0 Å². The number of methoxy groups -OCH3 is 1.